The molecule has 190 valence electrons. The predicted molar refractivity (Wildman–Crippen MR) is 147 cm³/mol. The average molecular weight is 537 g/mol. The number of nitrogens with one attached hydrogen (secondary N) is 3. The first-order valence-corrected chi connectivity index (χ1v) is 12.4. The third kappa shape index (κ3) is 7.31. The Kier molecular flexibility index (Phi) is 8.77. The molecule has 0 bridgehead atoms. The first-order valence-electron chi connectivity index (χ1n) is 11.7. The summed E-state index contributed by atoms with van der Waals surface area (Å²) in [7, 11) is 0. The number of rotatable bonds is 9. The summed E-state index contributed by atoms with van der Waals surface area (Å²) in [6.45, 7) is 4.97. The lowest BCUT2D eigenvalue weighted by molar-refractivity contribution is 0.241. The minimum atomic E-state index is -0.426. The summed E-state index contributed by atoms with van der Waals surface area (Å²) in [4.78, 5) is 16.8. The highest BCUT2D eigenvalue weighted by Gasteiger charge is 2.14. The second kappa shape index (κ2) is 12.4. The summed E-state index contributed by atoms with van der Waals surface area (Å²) >= 11 is 12.1. The van der Waals surface area contributed by atoms with E-state index in [-0.39, 0.29) is 5.95 Å². The Bertz CT molecular complexity index is 1360. The van der Waals surface area contributed by atoms with Gasteiger partial charge in [0.05, 0.1) is 6.61 Å². The van der Waals surface area contributed by atoms with Gasteiger partial charge in [0.1, 0.15) is 17.1 Å². The SMILES string of the molecule is Cc1ccc(OCCCNC(=O)NNc2nnc(-c3ccc(Cl)cc3)c(-c3ccc(Cl)cc3)n2)c(C)c1. The van der Waals surface area contributed by atoms with Crippen molar-refractivity contribution in [3.8, 4) is 28.3 Å². The topological polar surface area (TPSA) is 101 Å². The van der Waals surface area contributed by atoms with Crippen molar-refractivity contribution in [2.45, 2.75) is 20.3 Å². The zero-order valence-electron chi connectivity index (χ0n) is 20.4. The molecule has 2 amide bonds. The van der Waals surface area contributed by atoms with Crippen molar-refractivity contribution in [3.63, 3.8) is 0 Å². The molecule has 37 heavy (non-hydrogen) atoms. The van der Waals surface area contributed by atoms with Crippen LogP contribution in [0, 0.1) is 13.8 Å². The van der Waals surface area contributed by atoms with Gasteiger partial charge >= 0.3 is 6.03 Å². The first kappa shape index (κ1) is 26.2. The van der Waals surface area contributed by atoms with E-state index in [4.69, 9.17) is 27.9 Å². The Morgan fingerprint density at radius 2 is 1.51 bits per heavy atom. The predicted octanol–water partition coefficient (Wildman–Crippen LogP) is 6.22. The highest BCUT2D eigenvalue weighted by Crippen LogP contribution is 2.30. The molecule has 8 nitrogen and oxygen atoms in total. The van der Waals surface area contributed by atoms with Crippen molar-refractivity contribution in [3.05, 3.63) is 87.9 Å². The van der Waals surface area contributed by atoms with E-state index in [9.17, 15) is 4.79 Å². The second-order valence-electron chi connectivity index (χ2n) is 8.32. The van der Waals surface area contributed by atoms with Crippen LogP contribution in [0.1, 0.15) is 17.5 Å². The molecule has 0 aliphatic heterocycles. The Morgan fingerprint density at radius 3 is 2.16 bits per heavy atom. The number of aromatic nitrogens is 3. The molecule has 0 spiro atoms. The number of urea groups is 1. The van der Waals surface area contributed by atoms with Gasteiger partial charge in [0.2, 0.25) is 0 Å². The largest absolute Gasteiger partial charge is 0.493 e. The molecular formula is C27H26Cl2N6O2. The van der Waals surface area contributed by atoms with Gasteiger partial charge in [-0.05, 0) is 56.2 Å². The van der Waals surface area contributed by atoms with Crippen LogP contribution in [0.25, 0.3) is 22.5 Å². The van der Waals surface area contributed by atoms with E-state index in [1.165, 1.54) is 5.56 Å². The Morgan fingerprint density at radius 1 is 0.865 bits per heavy atom. The summed E-state index contributed by atoms with van der Waals surface area (Å²) in [5, 5.41) is 12.4. The number of aryl methyl sites for hydroxylation is 2. The Balaban J connectivity index is 1.34. The van der Waals surface area contributed by atoms with Crippen molar-refractivity contribution in [1.82, 2.24) is 25.9 Å². The van der Waals surface area contributed by atoms with Gasteiger partial charge in [-0.15, -0.1) is 10.2 Å². The molecule has 3 N–H and O–H groups in total. The summed E-state index contributed by atoms with van der Waals surface area (Å²) in [6.07, 6.45) is 0.648. The van der Waals surface area contributed by atoms with Crippen LogP contribution < -0.4 is 20.9 Å². The number of anilines is 1. The van der Waals surface area contributed by atoms with E-state index in [2.05, 4.69) is 37.4 Å². The zero-order chi connectivity index (χ0) is 26.2. The van der Waals surface area contributed by atoms with E-state index in [1.807, 2.05) is 50.2 Å². The molecule has 4 aromatic rings. The average Bonchev–Trinajstić information content (AvgIpc) is 2.89. The van der Waals surface area contributed by atoms with Crippen LogP contribution in [0.5, 0.6) is 5.75 Å². The summed E-state index contributed by atoms with van der Waals surface area (Å²) in [5.74, 6) is 0.982. The zero-order valence-corrected chi connectivity index (χ0v) is 21.9. The van der Waals surface area contributed by atoms with Gasteiger partial charge in [0, 0.05) is 27.7 Å². The molecule has 4 rings (SSSR count). The molecular weight excluding hydrogens is 511 g/mol. The molecule has 3 aromatic carbocycles. The third-order valence-corrected chi connectivity index (χ3v) is 5.91. The van der Waals surface area contributed by atoms with Crippen molar-refractivity contribution < 1.29 is 9.53 Å². The molecule has 0 aliphatic carbocycles. The molecule has 10 heteroatoms. The van der Waals surface area contributed by atoms with E-state index in [1.54, 1.807) is 24.3 Å². The van der Waals surface area contributed by atoms with Gasteiger partial charge in [-0.1, -0.05) is 65.2 Å². The fourth-order valence-corrected chi connectivity index (χ4v) is 3.82. The van der Waals surface area contributed by atoms with Gasteiger partial charge in [0.25, 0.3) is 5.95 Å². The Labute approximate surface area is 225 Å². The van der Waals surface area contributed by atoms with Crippen LogP contribution in [-0.4, -0.2) is 34.4 Å². The molecule has 0 fully saturated rings. The quantitative estimate of drug-likeness (QED) is 0.173. The number of benzene rings is 3. The number of halogens is 2. The van der Waals surface area contributed by atoms with E-state index < -0.39 is 6.03 Å². The van der Waals surface area contributed by atoms with Crippen LogP contribution in [0.2, 0.25) is 10.0 Å². The van der Waals surface area contributed by atoms with Crippen molar-refractivity contribution in [2.75, 3.05) is 18.6 Å². The molecule has 0 atom stereocenters. The summed E-state index contributed by atoms with van der Waals surface area (Å²) in [6, 6.07) is 20.1. The molecule has 1 heterocycles. The number of amides is 2. The first-order chi connectivity index (χ1) is 17.9. The maximum atomic E-state index is 12.2. The van der Waals surface area contributed by atoms with E-state index in [0.29, 0.717) is 41.0 Å². The minimum absolute atomic E-state index is 0.135. The van der Waals surface area contributed by atoms with Crippen LogP contribution in [0.4, 0.5) is 10.7 Å². The monoisotopic (exact) mass is 536 g/mol. The summed E-state index contributed by atoms with van der Waals surface area (Å²) < 4.78 is 5.79. The van der Waals surface area contributed by atoms with Gasteiger partial charge in [-0.3, -0.25) is 5.43 Å². The summed E-state index contributed by atoms with van der Waals surface area (Å²) in [5.41, 5.74) is 10.2. The lowest BCUT2D eigenvalue weighted by atomic mass is 10.0. The normalized spacial score (nSPS) is 10.6. The maximum absolute atomic E-state index is 12.2. The lowest BCUT2D eigenvalue weighted by Gasteiger charge is -2.12. The smallest absolute Gasteiger partial charge is 0.333 e. The van der Waals surface area contributed by atoms with Crippen molar-refractivity contribution in [1.29, 1.82) is 0 Å². The van der Waals surface area contributed by atoms with Crippen LogP contribution >= 0.6 is 23.2 Å². The van der Waals surface area contributed by atoms with Crippen LogP contribution in [0.15, 0.2) is 66.7 Å². The minimum Gasteiger partial charge on any atom is -0.493 e. The van der Waals surface area contributed by atoms with Gasteiger partial charge in [-0.2, -0.15) is 0 Å². The number of carbonyl (C=O) groups is 1. The molecule has 0 radical (unpaired) electrons. The van der Waals surface area contributed by atoms with Crippen molar-refractivity contribution >= 4 is 35.2 Å². The fraction of sp³-hybridized carbons (Fsp3) is 0.185. The number of hydrogen-bond acceptors (Lipinski definition) is 6. The lowest BCUT2D eigenvalue weighted by Crippen LogP contribution is -2.40. The Hall–Kier alpha value is -3.88. The van der Waals surface area contributed by atoms with Gasteiger partial charge in [-0.25, -0.2) is 15.2 Å². The van der Waals surface area contributed by atoms with Gasteiger partial charge in [0.15, 0.2) is 0 Å². The highest BCUT2D eigenvalue weighted by molar-refractivity contribution is 6.31. The van der Waals surface area contributed by atoms with Gasteiger partial charge < -0.3 is 10.1 Å². The second-order valence-corrected chi connectivity index (χ2v) is 9.20. The molecule has 0 saturated heterocycles. The molecule has 0 unspecified atom stereocenters. The van der Waals surface area contributed by atoms with Crippen LogP contribution in [0.3, 0.4) is 0 Å². The third-order valence-electron chi connectivity index (χ3n) is 5.40. The van der Waals surface area contributed by atoms with Crippen LogP contribution in [-0.2, 0) is 0 Å². The number of carbonyl (C=O) groups excluding carboxylic acids is 1. The standard InChI is InChI=1S/C27H26Cl2N6O2/c1-17-4-13-23(18(2)16-17)37-15-3-14-30-27(36)35-34-26-31-24(19-5-9-21(28)10-6-19)25(32-33-26)20-7-11-22(29)12-8-20/h4-13,16H,3,14-15H2,1-2H3,(H2,30,35,36)(H,31,33,34). The number of nitrogens with zero attached hydrogens (tertiary/aromatic N) is 3. The highest BCUT2D eigenvalue weighted by atomic mass is 35.5. The van der Waals surface area contributed by atoms with E-state index in [0.717, 1.165) is 22.4 Å². The van der Waals surface area contributed by atoms with Crippen molar-refractivity contribution in [2.24, 2.45) is 0 Å². The number of hydrogen-bond donors (Lipinski definition) is 3. The maximum Gasteiger partial charge on any atom is 0.333 e. The number of hydrazine groups is 1. The fourth-order valence-electron chi connectivity index (χ4n) is 3.56. The molecule has 1 aromatic heterocycles. The molecule has 0 saturated carbocycles. The van der Waals surface area contributed by atoms with E-state index >= 15 is 0 Å². The molecule has 0 aliphatic rings. The number of ether oxygens (including phenoxy) is 1.